The number of carbonyl (C=O) groups is 4. The minimum atomic E-state index is -0.831. The first-order valence-corrected chi connectivity index (χ1v) is 39.8. The van der Waals surface area contributed by atoms with Gasteiger partial charge in [0.15, 0.2) is 16.9 Å². The molecule has 0 unspecified atom stereocenters. The molecule has 10 heterocycles. The average Bonchev–Trinajstić information content (AvgIpc) is 1.67. The van der Waals surface area contributed by atoms with E-state index in [1.165, 1.54) is 72.8 Å². The SMILES string of the molecule is Nc1cc([N+](=O)[O-])cnc1N.Nc1ccc(-c2nc3ncc(N)cc3[nH]2)cc1.Nc1ncc([N+](=O)[O-])cc1NC(=O)c1ccc([N+](=O)[O-])cc1.Nc1ncc([N+](=O)[O-])cc1[N+](=O)[O-].O=C(Cl)c1ccc([N+](=O)[O-])cc1.O=C(Nc1ccc(-c2nc3ncc(NC(=O)c4ccccc4)cc3[nH]2)cc1)c1ccccc1.O=[N+]([O-])c1ccc(-c2nc3ncc([N+](=O)[O-])cc3[nH]2)cc1.O=[N+]([O-])c1cnc(Cl)c([N+](=O)[O-])c1. The van der Waals surface area contributed by atoms with Gasteiger partial charge in [0.1, 0.15) is 60.1 Å². The molecule has 0 saturated heterocycles. The van der Waals surface area contributed by atoms with Crippen molar-refractivity contribution in [2.75, 3.05) is 50.4 Å². The van der Waals surface area contributed by atoms with Crippen molar-refractivity contribution in [1.29, 1.82) is 0 Å². The number of hydrogen-bond donors (Lipinski definition) is 12. The number of hydrogen-bond acceptors (Lipinski definition) is 40. The molecular weight excluding hydrogens is 1910 g/mol. The van der Waals surface area contributed by atoms with E-state index in [1.54, 1.807) is 54.9 Å². The van der Waals surface area contributed by atoms with Crippen molar-refractivity contribution in [3.8, 4) is 34.2 Å². The zero-order valence-electron chi connectivity index (χ0n) is 71.4. The van der Waals surface area contributed by atoms with Crippen LogP contribution in [0.15, 0.2) is 268 Å². The Morgan fingerprint density at radius 3 is 1.07 bits per heavy atom. The largest absolute Gasteiger partial charge is 0.399 e. The molecule has 0 bridgehead atoms. The Kier molecular flexibility index (Phi) is 34.1. The summed E-state index contributed by atoms with van der Waals surface area (Å²) in [5.74, 6) is 0.540. The number of nitrogens with zero attached hydrogens (tertiary/aromatic N) is 20. The second-order valence-electron chi connectivity index (χ2n) is 27.7. The zero-order valence-corrected chi connectivity index (χ0v) is 72.9. The van der Waals surface area contributed by atoms with E-state index in [1.807, 2.05) is 91.0 Å². The van der Waals surface area contributed by atoms with Crippen molar-refractivity contribution in [3.05, 3.63) is 396 Å². The maximum absolute atomic E-state index is 12.4. The first-order valence-electron chi connectivity index (χ1n) is 39.0. The molecule has 18 N–H and O–H groups in total. The number of nitro benzene ring substituents is 3. The van der Waals surface area contributed by atoms with Crippen LogP contribution >= 0.6 is 23.2 Å². The number of nitrogen functional groups attached to an aromatic ring is 6. The molecule has 716 valence electrons. The third-order valence-electron chi connectivity index (χ3n) is 18.2. The van der Waals surface area contributed by atoms with E-state index >= 15 is 0 Å². The molecule has 10 aromatic heterocycles. The smallest absolute Gasteiger partial charge is 0.318 e. The molecule has 0 aliphatic heterocycles. The van der Waals surface area contributed by atoms with Crippen molar-refractivity contribution in [3.63, 3.8) is 0 Å². The lowest BCUT2D eigenvalue weighted by Crippen LogP contribution is -2.14. The number of nitrogens with one attached hydrogen (secondary N) is 6. The summed E-state index contributed by atoms with van der Waals surface area (Å²) < 4.78 is 0. The van der Waals surface area contributed by atoms with Crippen molar-refractivity contribution in [2.24, 2.45) is 0 Å². The molecular formula is C84H62Cl2N32O24. The predicted molar refractivity (Wildman–Crippen MR) is 513 cm³/mol. The molecule has 0 spiro atoms. The summed E-state index contributed by atoms with van der Waals surface area (Å²) in [6.45, 7) is 0. The summed E-state index contributed by atoms with van der Waals surface area (Å²) in [6.07, 6.45) is 8.05. The van der Waals surface area contributed by atoms with Gasteiger partial charge >= 0.3 is 11.4 Å². The Bertz CT molecular complexity index is 7570. The van der Waals surface area contributed by atoms with E-state index in [0.29, 0.717) is 73.4 Å². The number of H-pyrrole nitrogens is 3. The fraction of sp³-hybridized carbons (Fsp3) is 0. The van der Waals surface area contributed by atoms with E-state index < -0.39 is 83.1 Å². The number of non-ortho nitro benzene ring substituents is 3. The number of anilines is 9. The van der Waals surface area contributed by atoms with Crippen molar-refractivity contribution >= 4 is 188 Å². The highest BCUT2D eigenvalue weighted by molar-refractivity contribution is 6.67. The Labute approximate surface area is 798 Å². The van der Waals surface area contributed by atoms with Crippen LogP contribution in [0.5, 0.6) is 0 Å². The van der Waals surface area contributed by atoms with Gasteiger partial charge in [-0.25, -0.2) is 49.8 Å². The number of nitrogens with two attached hydrogens (primary N) is 6. The molecule has 17 aromatic rings. The highest BCUT2D eigenvalue weighted by atomic mass is 35.5. The standard InChI is InChI=1S/C26H19N5O2.C12H9N5O5.C12H7N5O4.C12H11N5.C7H4ClNO3.C5H2ClN3O4.C5H4N4O4.C5H6N4O2/c32-25(18-7-3-1-4-8-18)28-20-13-11-17(12-14-20)23-30-22-15-21(16-27-24(22)31-23)29-26(33)19-9-5-2-6-10-19;13-11-10(5-9(6-14-11)17(21)22)15-12(18)7-1-3-8(4-2-7)16(19)20;18-16(19)8-3-1-7(2-4-8)11-14-10-5-9(17(20)21)6-13-12(10)15-11;13-8-3-1-7(2-4-8)11-16-10-5-9(14)6-15-12(10)17-11;8-7(10)5-1-3-6(4-2-5)9(11)12;2*6-5-4(9(12)13)1-3(2-7-5)8(10)11;6-4-1-3(9(10)11)2-8-5(4)7/h1-16H,(H,28,32)(H,29,33)(H,27,30,31);1-6H,(H2,13,14)(H,15,18);1-6H,(H,13,14,15);1-6H,13-14H2,(H,15,16,17);1-4H;1-2H;1-2H,(H2,6,7);1-2H,6H2,(H2,7,8). The molecule has 0 aliphatic carbocycles. The van der Waals surface area contributed by atoms with Crippen molar-refractivity contribution in [1.82, 2.24) is 64.8 Å². The Morgan fingerprint density at radius 1 is 0.289 bits per heavy atom. The topological polar surface area (TPSA) is 868 Å². The Morgan fingerprint density at radius 2 is 0.627 bits per heavy atom. The normalized spacial score (nSPS) is 10.2. The maximum Gasteiger partial charge on any atom is 0.318 e. The van der Waals surface area contributed by atoms with Gasteiger partial charge in [0.2, 0.25) is 11.0 Å². The molecule has 0 fully saturated rings. The van der Waals surface area contributed by atoms with Crippen LogP contribution in [0.3, 0.4) is 0 Å². The van der Waals surface area contributed by atoms with Crippen molar-refractivity contribution in [2.45, 2.75) is 0 Å². The van der Waals surface area contributed by atoms with Gasteiger partial charge in [-0.15, -0.1) is 0 Å². The van der Waals surface area contributed by atoms with Crippen LogP contribution in [0.25, 0.3) is 67.7 Å². The molecule has 142 heavy (non-hydrogen) atoms. The number of aromatic nitrogens is 13. The number of benzene rings is 7. The fourth-order valence-corrected chi connectivity index (χ4v) is 11.5. The number of halogens is 2. The third-order valence-corrected chi connectivity index (χ3v) is 18.7. The van der Waals surface area contributed by atoms with Crippen LogP contribution in [-0.2, 0) is 0 Å². The molecule has 58 heteroatoms. The van der Waals surface area contributed by atoms with Crippen molar-refractivity contribution < 1.29 is 68.4 Å². The number of rotatable bonds is 20. The number of fused-ring (bicyclic) bond motifs is 3. The summed E-state index contributed by atoms with van der Waals surface area (Å²) in [6, 6.07) is 57.4. The summed E-state index contributed by atoms with van der Waals surface area (Å²) >= 11 is 10.4. The number of carbonyl (C=O) groups excluding carboxylic acids is 4. The van der Waals surface area contributed by atoms with E-state index in [0.717, 1.165) is 77.3 Å². The Hall–Kier alpha value is -21.5. The van der Waals surface area contributed by atoms with Gasteiger partial charge in [0.05, 0.1) is 113 Å². The monoisotopic (exact) mass is 1970 g/mol. The summed E-state index contributed by atoms with van der Waals surface area (Å²) in [7, 11) is 0. The second-order valence-corrected chi connectivity index (χ2v) is 28.4. The number of amides is 3. The van der Waals surface area contributed by atoms with E-state index in [4.69, 9.17) is 57.6 Å². The molecule has 7 aromatic carbocycles. The molecule has 3 amide bonds. The van der Waals surface area contributed by atoms with E-state index in [9.17, 15) is 120 Å². The lowest BCUT2D eigenvalue weighted by atomic mass is 10.1. The molecule has 0 radical (unpaired) electrons. The lowest BCUT2D eigenvalue weighted by molar-refractivity contribution is -0.394. The second kappa shape index (κ2) is 47.2. The maximum atomic E-state index is 12.4. The highest BCUT2D eigenvalue weighted by Gasteiger charge is 2.23. The van der Waals surface area contributed by atoms with Gasteiger partial charge in [-0.05, 0) is 133 Å². The van der Waals surface area contributed by atoms with Crippen LogP contribution < -0.4 is 50.4 Å². The molecule has 0 saturated carbocycles. The fourth-order valence-electron chi connectivity index (χ4n) is 11.2. The average molecular weight is 1970 g/mol. The van der Waals surface area contributed by atoms with Gasteiger partial charge in [-0.1, -0.05) is 48.0 Å². The summed E-state index contributed by atoms with van der Waals surface area (Å²) in [5.41, 5.74) is 39.8. The van der Waals surface area contributed by atoms with Crippen LogP contribution in [0.2, 0.25) is 5.15 Å². The van der Waals surface area contributed by atoms with E-state index in [2.05, 4.69) is 80.7 Å². The Balaban J connectivity index is 0.000000172. The first kappa shape index (κ1) is 103. The predicted octanol–water partition coefficient (Wildman–Crippen LogP) is 15.3. The summed E-state index contributed by atoms with van der Waals surface area (Å²) in [5, 5.41) is 111. The number of imidazole rings is 3. The third kappa shape index (κ3) is 28.5. The zero-order chi connectivity index (χ0) is 103. The molecule has 56 nitrogen and oxygen atoms in total. The minimum absolute atomic E-state index is 0.0162. The van der Waals surface area contributed by atoms with Gasteiger partial charge in [-0.3, -0.25) is 120 Å². The highest BCUT2D eigenvalue weighted by Crippen LogP contribution is 2.32. The number of nitro groups is 10. The lowest BCUT2D eigenvalue weighted by Gasteiger charge is -2.07. The number of pyridine rings is 7. The van der Waals surface area contributed by atoms with Gasteiger partial charge in [0, 0.05) is 105 Å². The number of aromatic amines is 3. The van der Waals surface area contributed by atoms with Crippen LogP contribution in [0.1, 0.15) is 41.4 Å². The van der Waals surface area contributed by atoms with E-state index in [-0.39, 0.29) is 91.0 Å². The molecule has 0 atom stereocenters. The quantitative estimate of drug-likeness (QED) is 0.0111. The van der Waals surface area contributed by atoms with Gasteiger partial charge < -0.3 is 65.3 Å². The van der Waals surface area contributed by atoms with Gasteiger partial charge in [-0.2, -0.15) is 0 Å². The van der Waals surface area contributed by atoms with Crippen LogP contribution in [0, 0.1) is 101 Å². The van der Waals surface area contributed by atoms with Crippen LogP contribution in [0.4, 0.5) is 108 Å². The first-order chi connectivity index (χ1) is 67.6. The van der Waals surface area contributed by atoms with Gasteiger partial charge in [0.25, 0.3) is 68.5 Å². The van der Waals surface area contributed by atoms with Crippen LogP contribution in [-0.4, -0.2) is 137 Å². The summed E-state index contributed by atoms with van der Waals surface area (Å²) in [4.78, 5) is 193. The molecule has 0 aliphatic rings. The molecule has 17 rings (SSSR count). The minimum Gasteiger partial charge on any atom is -0.399 e.